The van der Waals surface area contributed by atoms with Gasteiger partial charge >= 0.3 is 0 Å². The number of halogens is 1. The second-order valence-electron chi connectivity index (χ2n) is 6.65. The summed E-state index contributed by atoms with van der Waals surface area (Å²) in [6.45, 7) is 6.47. The smallest absolute Gasteiger partial charge is 0.140 e. The fraction of sp³-hybridized carbons (Fsp3) is 0.588. The zero-order chi connectivity index (χ0) is 14.0. The summed E-state index contributed by atoms with van der Waals surface area (Å²) in [5.41, 5.74) is 2.23. The second kappa shape index (κ2) is 5.44. The Balaban J connectivity index is 2.00. The van der Waals surface area contributed by atoms with Crippen molar-refractivity contribution < 1.29 is 9.18 Å². The third-order valence-corrected chi connectivity index (χ3v) is 4.47. The van der Waals surface area contributed by atoms with Gasteiger partial charge in [0.2, 0.25) is 0 Å². The molecule has 0 amide bonds. The third kappa shape index (κ3) is 3.65. The SMILES string of the molecule is Cc1ccc(F)cc1CC(=O)C1CCC(C)(C)CC1. The van der Waals surface area contributed by atoms with Crippen LogP contribution in [0.4, 0.5) is 4.39 Å². The van der Waals surface area contributed by atoms with Crippen LogP contribution in [0.25, 0.3) is 0 Å². The van der Waals surface area contributed by atoms with Gasteiger partial charge in [-0.15, -0.1) is 0 Å². The molecule has 0 radical (unpaired) electrons. The minimum Gasteiger partial charge on any atom is -0.299 e. The molecule has 0 aromatic heterocycles. The maximum atomic E-state index is 13.2. The van der Waals surface area contributed by atoms with Gasteiger partial charge in [-0.25, -0.2) is 4.39 Å². The molecule has 0 heterocycles. The van der Waals surface area contributed by atoms with Crippen molar-refractivity contribution in [1.82, 2.24) is 0 Å². The number of benzene rings is 1. The molecule has 0 saturated heterocycles. The molecule has 1 aliphatic rings. The van der Waals surface area contributed by atoms with Crippen LogP contribution in [-0.4, -0.2) is 5.78 Å². The lowest BCUT2D eigenvalue weighted by molar-refractivity contribution is -0.123. The van der Waals surface area contributed by atoms with E-state index in [-0.39, 0.29) is 17.5 Å². The number of aryl methyl sites for hydroxylation is 1. The minimum atomic E-state index is -0.252. The summed E-state index contributed by atoms with van der Waals surface area (Å²) in [5.74, 6) is 0.207. The highest BCUT2D eigenvalue weighted by Crippen LogP contribution is 2.38. The first-order valence-electron chi connectivity index (χ1n) is 7.15. The predicted molar refractivity (Wildman–Crippen MR) is 75.6 cm³/mol. The average Bonchev–Trinajstić information content (AvgIpc) is 2.33. The van der Waals surface area contributed by atoms with Crippen LogP contribution in [0.15, 0.2) is 18.2 Å². The molecule has 0 N–H and O–H groups in total. The summed E-state index contributed by atoms with van der Waals surface area (Å²) in [6.07, 6.45) is 4.59. The summed E-state index contributed by atoms with van der Waals surface area (Å²) in [4.78, 5) is 12.3. The number of carbonyl (C=O) groups is 1. The molecule has 0 bridgehead atoms. The quantitative estimate of drug-likeness (QED) is 0.786. The normalized spacial score (nSPS) is 19.4. The average molecular weight is 262 g/mol. The van der Waals surface area contributed by atoms with E-state index in [9.17, 15) is 9.18 Å². The molecule has 0 spiro atoms. The first-order valence-corrected chi connectivity index (χ1v) is 7.15. The predicted octanol–water partition coefficient (Wildman–Crippen LogP) is 4.46. The number of carbonyl (C=O) groups excluding carboxylic acids is 1. The van der Waals surface area contributed by atoms with Gasteiger partial charge in [0, 0.05) is 12.3 Å². The number of hydrogen-bond donors (Lipinski definition) is 0. The molecular weight excluding hydrogens is 239 g/mol. The van der Waals surface area contributed by atoms with Gasteiger partial charge in [0.15, 0.2) is 0 Å². The maximum absolute atomic E-state index is 13.2. The van der Waals surface area contributed by atoms with Gasteiger partial charge in [-0.2, -0.15) is 0 Å². The van der Waals surface area contributed by atoms with Gasteiger partial charge in [-0.1, -0.05) is 19.9 Å². The lowest BCUT2D eigenvalue weighted by Gasteiger charge is -2.33. The lowest BCUT2D eigenvalue weighted by Crippen LogP contribution is -2.27. The number of ketones is 1. The zero-order valence-electron chi connectivity index (χ0n) is 12.1. The molecule has 0 atom stereocenters. The topological polar surface area (TPSA) is 17.1 Å². The number of hydrogen-bond acceptors (Lipinski definition) is 1. The van der Waals surface area contributed by atoms with Crippen molar-refractivity contribution in [3.05, 3.63) is 35.1 Å². The monoisotopic (exact) mass is 262 g/mol. The molecule has 1 aliphatic carbocycles. The molecule has 1 aromatic rings. The number of Topliss-reactive ketones (excluding diaryl/α,β-unsaturated/α-hetero) is 1. The van der Waals surface area contributed by atoms with Crippen molar-refractivity contribution in [2.75, 3.05) is 0 Å². The lowest BCUT2D eigenvalue weighted by atomic mass is 9.71. The van der Waals surface area contributed by atoms with E-state index in [0.29, 0.717) is 11.8 Å². The molecule has 1 nitrogen and oxygen atoms in total. The third-order valence-electron chi connectivity index (χ3n) is 4.47. The van der Waals surface area contributed by atoms with E-state index in [4.69, 9.17) is 0 Å². The Morgan fingerprint density at radius 2 is 1.95 bits per heavy atom. The summed E-state index contributed by atoms with van der Waals surface area (Å²) in [6, 6.07) is 4.70. The van der Waals surface area contributed by atoms with E-state index >= 15 is 0 Å². The molecule has 104 valence electrons. The molecule has 0 unspecified atom stereocenters. The van der Waals surface area contributed by atoms with Crippen molar-refractivity contribution in [1.29, 1.82) is 0 Å². The highest BCUT2D eigenvalue weighted by Gasteiger charge is 2.30. The Bertz CT molecular complexity index is 466. The van der Waals surface area contributed by atoms with Gasteiger partial charge in [-0.05, 0) is 61.3 Å². The molecule has 2 heteroatoms. The van der Waals surface area contributed by atoms with Crippen molar-refractivity contribution >= 4 is 5.78 Å². The van der Waals surface area contributed by atoms with Crippen LogP contribution in [0.2, 0.25) is 0 Å². The van der Waals surface area contributed by atoms with Crippen molar-refractivity contribution in [3.63, 3.8) is 0 Å². The van der Waals surface area contributed by atoms with Crippen LogP contribution in [0.5, 0.6) is 0 Å². The molecule has 19 heavy (non-hydrogen) atoms. The van der Waals surface area contributed by atoms with E-state index in [1.807, 2.05) is 6.92 Å². The Morgan fingerprint density at radius 1 is 1.32 bits per heavy atom. The van der Waals surface area contributed by atoms with E-state index in [1.165, 1.54) is 12.1 Å². The summed E-state index contributed by atoms with van der Waals surface area (Å²) in [7, 11) is 0. The van der Waals surface area contributed by atoms with Crippen molar-refractivity contribution in [3.8, 4) is 0 Å². The highest BCUT2D eigenvalue weighted by atomic mass is 19.1. The first kappa shape index (κ1) is 14.2. The van der Waals surface area contributed by atoms with E-state index in [0.717, 1.165) is 36.8 Å². The van der Waals surface area contributed by atoms with Gasteiger partial charge in [-0.3, -0.25) is 4.79 Å². The van der Waals surface area contributed by atoms with Gasteiger partial charge in [0.25, 0.3) is 0 Å². The van der Waals surface area contributed by atoms with Gasteiger partial charge in [0.1, 0.15) is 11.6 Å². The summed E-state index contributed by atoms with van der Waals surface area (Å²) >= 11 is 0. The Labute approximate surface area is 115 Å². The van der Waals surface area contributed by atoms with Crippen molar-refractivity contribution in [2.24, 2.45) is 11.3 Å². The molecule has 1 saturated carbocycles. The van der Waals surface area contributed by atoms with Crippen LogP contribution in [0, 0.1) is 24.1 Å². The highest BCUT2D eigenvalue weighted by molar-refractivity contribution is 5.83. The van der Waals surface area contributed by atoms with E-state index in [1.54, 1.807) is 6.07 Å². The van der Waals surface area contributed by atoms with Crippen LogP contribution in [0.1, 0.15) is 50.7 Å². The Hall–Kier alpha value is -1.18. The van der Waals surface area contributed by atoms with E-state index < -0.39 is 0 Å². The second-order valence-corrected chi connectivity index (χ2v) is 6.65. The molecular formula is C17H23FO. The maximum Gasteiger partial charge on any atom is 0.140 e. The molecule has 0 aliphatic heterocycles. The van der Waals surface area contributed by atoms with Crippen LogP contribution in [-0.2, 0) is 11.2 Å². The fourth-order valence-electron chi connectivity index (χ4n) is 2.88. The zero-order valence-corrected chi connectivity index (χ0v) is 12.1. The Morgan fingerprint density at radius 3 is 2.58 bits per heavy atom. The van der Waals surface area contributed by atoms with Gasteiger partial charge in [0.05, 0.1) is 0 Å². The Kier molecular flexibility index (Phi) is 4.07. The van der Waals surface area contributed by atoms with Gasteiger partial charge < -0.3 is 0 Å². The van der Waals surface area contributed by atoms with Crippen molar-refractivity contribution in [2.45, 2.75) is 52.9 Å². The fourth-order valence-corrected chi connectivity index (χ4v) is 2.88. The summed E-state index contributed by atoms with van der Waals surface area (Å²) in [5, 5.41) is 0. The van der Waals surface area contributed by atoms with Crippen LogP contribution < -0.4 is 0 Å². The summed E-state index contributed by atoms with van der Waals surface area (Å²) < 4.78 is 13.2. The van der Waals surface area contributed by atoms with Crippen LogP contribution >= 0.6 is 0 Å². The number of rotatable bonds is 3. The molecule has 2 rings (SSSR count). The standard InChI is InChI=1S/C17H23FO/c1-12-4-5-15(18)10-14(12)11-16(19)13-6-8-17(2,3)9-7-13/h4-5,10,13H,6-9,11H2,1-3H3. The molecule has 1 aromatic carbocycles. The minimum absolute atomic E-state index is 0.177. The van der Waals surface area contributed by atoms with Crippen LogP contribution in [0.3, 0.4) is 0 Å². The van der Waals surface area contributed by atoms with E-state index in [2.05, 4.69) is 13.8 Å². The molecule has 1 fully saturated rings. The largest absolute Gasteiger partial charge is 0.299 e. The first-order chi connectivity index (χ1) is 8.87.